The first-order valence-corrected chi connectivity index (χ1v) is 6.80. The van der Waals surface area contributed by atoms with E-state index in [0.717, 1.165) is 13.0 Å². The van der Waals surface area contributed by atoms with Crippen molar-refractivity contribution in [2.24, 2.45) is 5.92 Å². The summed E-state index contributed by atoms with van der Waals surface area (Å²) in [7, 11) is 0. The molecule has 2 nitrogen and oxygen atoms in total. The van der Waals surface area contributed by atoms with E-state index in [-0.39, 0.29) is 6.61 Å². The van der Waals surface area contributed by atoms with Gasteiger partial charge in [-0.3, -0.25) is 4.90 Å². The van der Waals surface area contributed by atoms with Crippen molar-refractivity contribution in [3.05, 3.63) is 48.0 Å². The van der Waals surface area contributed by atoms with Gasteiger partial charge >= 0.3 is 0 Å². The molecule has 0 spiro atoms. The highest BCUT2D eigenvalue weighted by Gasteiger charge is 2.28. The van der Waals surface area contributed by atoms with Crippen molar-refractivity contribution < 1.29 is 5.11 Å². The Bertz CT molecular complexity index is 387. The minimum Gasteiger partial charge on any atom is -0.396 e. The highest BCUT2D eigenvalue weighted by atomic mass is 16.3. The van der Waals surface area contributed by atoms with Gasteiger partial charge in [0.2, 0.25) is 0 Å². The summed E-state index contributed by atoms with van der Waals surface area (Å²) >= 11 is 0. The molecule has 0 aromatic heterocycles. The minimum absolute atomic E-state index is 0.260. The number of rotatable bonds is 4. The zero-order valence-corrected chi connectivity index (χ0v) is 11.3. The van der Waals surface area contributed by atoms with Crippen LogP contribution in [0.4, 0.5) is 0 Å². The number of hydrogen-bond acceptors (Lipinski definition) is 2. The summed E-state index contributed by atoms with van der Waals surface area (Å²) in [6.07, 6.45) is 5.52. The third kappa shape index (κ3) is 2.82. The van der Waals surface area contributed by atoms with Crippen molar-refractivity contribution in [2.75, 3.05) is 13.2 Å². The lowest BCUT2D eigenvalue weighted by Crippen LogP contribution is -2.44. The zero-order valence-electron chi connectivity index (χ0n) is 11.3. The molecule has 3 atom stereocenters. The van der Waals surface area contributed by atoms with E-state index < -0.39 is 0 Å². The molecule has 0 fully saturated rings. The Hall–Kier alpha value is -1.12. The monoisotopic (exact) mass is 245 g/mol. The Morgan fingerprint density at radius 1 is 1.22 bits per heavy atom. The van der Waals surface area contributed by atoms with Crippen LogP contribution < -0.4 is 0 Å². The summed E-state index contributed by atoms with van der Waals surface area (Å²) in [4.78, 5) is 2.50. The molecule has 2 rings (SSSR count). The number of hydrogen-bond donors (Lipinski definition) is 1. The van der Waals surface area contributed by atoms with Crippen LogP contribution in [0.2, 0.25) is 0 Å². The van der Waals surface area contributed by atoms with Gasteiger partial charge in [-0.1, -0.05) is 49.4 Å². The minimum atomic E-state index is 0.260. The standard InChI is InChI=1S/C16H23NO/c1-13(12-18)16-10-6-7-11-17(16)14(2)15-8-4-3-5-9-15/h3-9,13-14,16,18H,10-12H2,1-2H3/t13-,14+,16-/m1/s1. The number of aliphatic hydroxyl groups is 1. The van der Waals surface area contributed by atoms with Gasteiger partial charge in [-0.2, -0.15) is 0 Å². The molecule has 0 radical (unpaired) electrons. The van der Waals surface area contributed by atoms with Crippen molar-refractivity contribution in [1.82, 2.24) is 4.90 Å². The molecule has 0 bridgehead atoms. The summed E-state index contributed by atoms with van der Waals surface area (Å²) in [6.45, 7) is 5.63. The molecule has 0 amide bonds. The van der Waals surface area contributed by atoms with Gasteiger partial charge in [0.05, 0.1) is 0 Å². The van der Waals surface area contributed by atoms with Crippen molar-refractivity contribution in [1.29, 1.82) is 0 Å². The Labute approximate surface area is 110 Å². The lowest BCUT2D eigenvalue weighted by atomic mass is 9.92. The van der Waals surface area contributed by atoms with E-state index in [1.807, 2.05) is 0 Å². The van der Waals surface area contributed by atoms with Gasteiger partial charge in [0.1, 0.15) is 0 Å². The van der Waals surface area contributed by atoms with Gasteiger partial charge < -0.3 is 5.11 Å². The van der Waals surface area contributed by atoms with Crippen LogP contribution in [0.15, 0.2) is 42.5 Å². The van der Waals surface area contributed by atoms with E-state index in [0.29, 0.717) is 18.0 Å². The maximum atomic E-state index is 9.41. The second kappa shape index (κ2) is 6.17. The van der Waals surface area contributed by atoms with E-state index in [1.54, 1.807) is 0 Å². The smallest absolute Gasteiger partial charge is 0.0471 e. The highest BCUT2D eigenvalue weighted by Crippen LogP contribution is 2.29. The number of benzene rings is 1. The first-order valence-electron chi connectivity index (χ1n) is 6.80. The van der Waals surface area contributed by atoms with E-state index in [1.165, 1.54) is 5.56 Å². The largest absolute Gasteiger partial charge is 0.396 e. The van der Waals surface area contributed by atoms with Crippen LogP contribution in [-0.4, -0.2) is 29.2 Å². The van der Waals surface area contributed by atoms with Gasteiger partial charge in [0, 0.05) is 25.2 Å². The molecule has 18 heavy (non-hydrogen) atoms. The summed E-state index contributed by atoms with van der Waals surface area (Å²) in [6, 6.07) is 11.4. The van der Waals surface area contributed by atoms with Crippen molar-refractivity contribution >= 4 is 0 Å². The van der Waals surface area contributed by atoms with E-state index >= 15 is 0 Å². The molecule has 0 unspecified atom stereocenters. The molecule has 1 N–H and O–H groups in total. The SMILES string of the molecule is C[C@H](CO)[C@H]1CC=CCN1[C@@H](C)c1ccccc1. The summed E-state index contributed by atoms with van der Waals surface area (Å²) < 4.78 is 0. The number of aliphatic hydroxyl groups excluding tert-OH is 1. The van der Waals surface area contributed by atoms with Crippen molar-refractivity contribution in [3.63, 3.8) is 0 Å². The van der Waals surface area contributed by atoms with Crippen LogP contribution in [0, 0.1) is 5.92 Å². The fourth-order valence-electron chi connectivity index (χ4n) is 2.75. The lowest BCUT2D eigenvalue weighted by molar-refractivity contribution is 0.0811. The van der Waals surface area contributed by atoms with Crippen molar-refractivity contribution in [3.8, 4) is 0 Å². The van der Waals surface area contributed by atoms with Gasteiger partial charge in [-0.25, -0.2) is 0 Å². The molecular weight excluding hydrogens is 222 g/mol. The normalized spacial score (nSPS) is 23.8. The first kappa shape index (κ1) is 13.3. The molecule has 2 heteroatoms. The number of nitrogens with zero attached hydrogens (tertiary/aromatic N) is 1. The lowest BCUT2D eigenvalue weighted by Gasteiger charge is -2.40. The highest BCUT2D eigenvalue weighted by molar-refractivity contribution is 5.19. The topological polar surface area (TPSA) is 23.5 Å². The average molecular weight is 245 g/mol. The molecule has 0 aliphatic carbocycles. The Morgan fingerprint density at radius 3 is 2.61 bits per heavy atom. The maximum Gasteiger partial charge on any atom is 0.0471 e. The van der Waals surface area contributed by atoms with Crippen LogP contribution in [0.5, 0.6) is 0 Å². The Morgan fingerprint density at radius 2 is 1.94 bits per heavy atom. The Balaban J connectivity index is 2.17. The zero-order chi connectivity index (χ0) is 13.0. The van der Waals surface area contributed by atoms with E-state index in [2.05, 4.69) is 61.2 Å². The summed E-state index contributed by atoms with van der Waals surface area (Å²) in [5.74, 6) is 0.320. The third-order valence-electron chi connectivity index (χ3n) is 4.01. The fourth-order valence-corrected chi connectivity index (χ4v) is 2.75. The van der Waals surface area contributed by atoms with E-state index in [9.17, 15) is 5.11 Å². The van der Waals surface area contributed by atoms with Crippen LogP contribution in [0.3, 0.4) is 0 Å². The molecule has 1 aliphatic heterocycles. The van der Waals surface area contributed by atoms with Crippen LogP contribution in [-0.2, 0) is 0 Å². The van der Waals surface area contributed by atoms with Crippen LogP contribution in [0.25, 0.3) is 0 Å². The van der Waals surface area contributed by atoms with Crippen molar-refractivity contribution in [2.45, 2.75) is 32.4 Å². The van der Waals surface area contributed by atoms with Gasteiger partial charge in [0.25, 0.3) is 0 Å². The second-order valence-corrected chi connectivity index (χ2v) is 5.22. The first-order chi connectivity index (χ1) is 8.74. The van der Waals surface area contributed by atoms with Gasteiger partial charge in [0.15, 0.2) is 0 Å². The van der Waals surface area contributed by atoms with Gasteiger partial charge in [-0.05, 0) is 24.8 Å². The predicted octanol–water partition coefficient (Wildman–Crippen LogP) is 3.01. The molecule has 1 aromatic rings. The predicted molar refractivity (Wildman–Crippen MR) is 75.4 cm³/mol. The van der Waals surface area contributed by atoms with E-state index in [4.69, 9.17) is 0 Å². The average Bonchev–Trinajstić information content (AvgIpc) is 2.46. The molecule has 1 heterocycles. The Kier molecular flexibility index (Phi) is 4.56. The fraction of sp³-hybridized carbons (Fsp3) is 0.500. The maximum absolute atomic E-state index is 9.41. The van der Waals surface area contributed by atoms with Crippen LogP contribution >= 0.6 is 0 Å². The van der Waals surface area contributed by atoms with Crippen LogP contribution in [0.1, 0.15) is 31.9 Å². The summed E-state index contributed by atoms with van der Waals surface area (Å²) in [5, 5.41) is 9.41. The molecule has 0 saturated heterocycles. The molecule has 1 aliphatic rings. The quantitative estimate of drug-likeness (QED) is 0.824. The summed E-state index contributed by atoms with van der Waals surface area (Å²) in [5.41, 5.74) is 1.35. The molecule has 98 valence electrons. The molecule has 1 aromatic carbocycles. The van der Waals surface area contributed by atoms with Gasteiger partial charge in [-0.15, -0.1) is 0 Å². The second-order valence-electron chi connectivity index (χ2n) is 5.22. The molecular formula is C16H23NO. The third-order valence-corrected chi connectivity index (χ3v) is 4.01. The molecule has 0 saturated carbocycles.